The Kier molecular flexibility index (Phi) is 4.24. The molecule has 8 nitrogen and oxygen atoms in total. The van der Waals surface area contributed by atoms with E-state index in [2.05, 4.69) is 15.2 Å². The third kappa shape index (κ3) is 2.96. The first-order valence-corrected chi connectivity index (χ1v) is 5.34. The zero-order valence-electron chi connectivity index (χ0n) is 10.8. The number of nitrogens with zero attached hydrogens (tertiary/aromatic N) is 3. The van der Waals surface area contributed by atoms with Crippen molar-refractivity contribution >= 4 is 11.8 Å². The van der Waals surface area contributed by atoms with Crippen molar-refractivity contribution in [2.45, 2.75) is 19.4 Å². The molecule has 1 N–H and O–H groups in total. The molecule has 0 saturated heterocycles. The van der Waals surface area contributed by atoms with Crippen LogP contribution in [-0.4, -0.2) is 33.5 Å². The second-order valence-electron chi connectivity index (χ2n) is 3.94. The van der Waals surface area contributed by atoms with Crippen LogP contribution in [0.2, 0.25) is 0 Å². The van der Waals surface area contributed by atoms with Gasteiger partial charge in [0.05, 0.1) is 13.5 Å². The molecule has 1 heterocycles. The maximum atomic E-state index is 11.7. The molecule has 0 aliphatic heterocycles. The maximum absolute atomic E-state index is 11.7. The standard InChI is InChI=1S/C10H16N4O4/c1-6(5-7(15)18-4)11-8-9(16)13(2)10(17)14(3)12-8/h6H,5H2,1-4H3,(H,11,12). The molecule has 0 aliphatic rings. The minimum atomic E-state index is -0.533. The Hall–Kier alpha value is -2.12. The fraction of sp³-hybridized carbons (Fsp3) is 0.600. The molecule has 0 aliphatic carbocycles. The molecule has 0 bridgehead atoms. The van der Waals surface area contributed by atoms with Crippen molar-refractivity contribution in [2.75, 3.05) is 12.4 Å². The number of rotatable bonds is 4. The number of methoxy groups -OCH3 is 1. The predicted octanol–water partition coefficient (Wildman–Crippen LogP) is -1.16. The average molecular weight is 256 g/mol. The summed E-state index contributed by atoms with van der Waals surface area (Å²) in [4.78, 5) is 34.2. The van der Waals surface area contributed by atoms with Gasteiger partial charge in [-0.15, -0.1) is 5.10 Å². The Bertz CT molecular complexity index is 560. The summed E-state index contributed by atoms with van der Waals surface area (Å²) >= 11 is 0. The smallest absolute Gasteiger partial charge is 0.346 e. The number of hydrogen-bond acceptors (Lipinski definition) is 6. The molecule has 1 aromatic rings. The van der Waals surface area contributed by atoms with Crippen LogP contribution in [-0.2, 0) is 23.6 Å². The van der Waals surface area contributed by atoms with Crippen molar-refractivity contribution in [3.63, 3.8) is 0 Å². The fourth-order valence-corrected chi connectivity index (χ4v) is 1.41. The van der Waals surface area contributed by atoms with E-state index in [1.54, 1.807) is 6.92 Å². The number of aryl methyl sites for hydroxylation is 1. The molecular weight excluding hydrogens is 240 g/mol. The lowest BCUT2D eigenvalue weighted by atomic mass is 10.2. The van der Waals surface area contributed by atoms with Crippen LogP contribution in [0.5, 0.6) is 0 Å². The van der Waals surface area contributed by atoms with Crippen LogP contribution in [0, 0.1) is 0 Å². The van der Waals surface area contributed by atoms with E-state index in [1.807, 2.05) is 0 Å². The molecule has 1 rings (SSSR count). The average Bonchev–Trinajstić information content (AvgIpc) is 2.33. The molecule has 100 valence electrons. The van der Waals surface area contributed by atoms with Gasteiger partial charge in [0.15, 0.2) is 0 Å². The minimum absolute atomic E-state index is 0.0241. The van der Waals surface area contributed by atoms with Gasteiger partial charge in [0.25, 0.3) is 5.56 Å². The second kappa shape index (κ2) is 5.48. The first kappa shape index (κ1) is 13.9. The number of hydrogen-bond donors (Lipinski definition) is 1. The summed E-state index contributed by atoms with van der Waals surface area (Å²) in [6.07, 6.45) is 0.101. The van der Waals surface area contributed by atoms with Crippen molar-refractivity contribution in [3.05, 3.63) is 20.8 Å². The van der Waals surface area contributed by atoms with Crippen LogP contribution >= 0.6 is 0 Å². The summed E-state index contributed by atoms with van der Waals surface area (Å²) < 4.78 is 6.51. The first-order valence-electron chi connectivity index (χ1n) is 5.34. The predicted molar refractivity (Wildman–Crippen MR) is 64.4 cm³/mol. The number of carbonyl (C=O) groups is 1. The van der Waals surface area contributed by atoms with Gasteiger partial charge in [-0.2, -0.15) is 0 Å². The lowest BCUT2D eigenvalue weighted by Gasteiger charge is -2.13. The largest absolute Gasteiger partial charge is 0.469 e. The SMILES string of the molecule is COC(=O)CC(C)Nc1nn(C)c(=O)n(C)c1=O. The highest BCUT2D eigenvalue weighted by atomic mass is 16.5. The van der Waals surface area contributed by atoms with Crippen molar-refractivity contribution in [1.82, 2.24) is 14.3 Å². The topological polar surface area (TPSA) is 95.2 Å². The lowest BCUT2D eigenvalue weighted by Crippen LogP contribution is -2.41. The van der Waals surface area contributed by atoms with E-state index in [0.29, 0.717) is 0 Å². The summed E-state index contributed by atoms with van der Waals surface area (Å²) in [5.74, 6) is -0.368. The molecule has 0 amide bonds. The Morgan fingerprint density at radius 3 is 2.61 bits per heavy atom. The molecule has 0 saturated carbocycles. The van der Waals surface area contributed by atoms with Crippen molar-refractivity contribution in [1.29, 1.82) is 0 Å². The minimum Gasteiger partial charge on any atom is -0.469 e. The second-order valence-corrected chi connectivity index (χ2v) is 3.94. The van der Waals surface area contributed by atoms with Crippen molar-refractivity contribution in [2.24, 2.45) is 14.1 Å². The number of aromatic nitrogens is 3. The van der Waals surface area contributed by atoms with Gasteiger partial charge in [-0.25, -0.2) is 9.48 Å². The van der Waals surface area contributed by atoms with E-state index in [1.165, 1.54) is 21.2 Å². The third-order valence-electron chi connectivity index (χ3n) is 2.40. The molecule has 0 spiro atoms. The summed E-state index contributed by atoms with van der Waals surface area (Å²) in [5, 5.41) is 6.59. The van der Waals surface area contributed by atoms with Crippen LogP contribution in [0.3, 0.4) is 0 Å². The summed E-state index contributed by atoms with van der Waals surface area (Å²) in [5.41, 5.74) is -1.04. The molecule has 0 aromatic carbocycles. The molecule has 0 fully saturated rings. The lowest BCUT2D eigenvalue weighted by molar-refractivity contribution is -0.140. The first-order chi connectivity index (χ1) is 8.36. The highest BCUT2D eigenvalue weighted by Gasteiger charge is 2.14. The van der Waals surface area contributed by atoms with Crippen LogP contribution in [0.25, 0.3) is 0 Å². The number of carbonyl (C=O) groups excluding carboxylic acids is 1. The number of nitrogens with one attached hydrogen (secondary N) is 1. The van der Waals surface area contributed by atoms with E-state index >= 15 is 0 Å². The summed E-state index contributed by atoms with van der Waals surface area (Å²) in [6.45, 7) is 1.71. The molecule has 8 heteroatoms. The van der Waals surface area contributed by atoms with Gasteiger partial charge in [-0.3, -0.25) is 14.2 Å². The Morgan fingerprint density at radius 2 is 2.06 bits per heavy atom. The molecule has 1 aromatic heterocycles. The van der Waals surface area contributed by atoms with Crippen LogP contribution in [0.4, 0.5) is 5.82 Å². The fourth-order valence-electron chi connectivity index (χ4n) is 1.41. The summed E-state index contributed by atoms with van der Waals surface area (Å²) in [7, 11) is 4.10. The van der Waals surface area contributed by atoms with E-state index in [4.69, 9.17) is 0 Å². The third-order valence-corrected chi connectivity index (χ3v) is 2.40. The molecule has 1 atom stereocenters. The quantitative estimate of drug-likeness (QED) is 0.683. The highest BCUT2D eigenvalue weighted by Crippen LogP contribution is 2.00. The van der Waals surface area contributed by atoms with Crippen molar-refractivity contribution < 1.29 is 9.53 Å². The molecule has 0 radical (unpaired) electrons. The van der Waals surface area contributed by atoms with Crippen LogP contribution < -0.4 is 16.6 Å². The van der Waals surface area contributed by atoms with E-state index in [9.17, 15) is 14.4 Å². The molecule has 18 heavy (non-hydrogen) atoms. The molecular formula is C10H16N4O4. The van der Waals surface area contributed by atoms with Crippen molar-refractivity contribution in [3.8, 4) is 0 Å². The van der Waals surface area contributed by atoms with Gasteiger partial charge in [0, 0.05) is 20.1 Å². The van der Waals surface area contributed by atoms with E-state index < -0.39 is 17.2 Å². The van der Waals surface area contributed by atoms with Crippen LogP contribution in [0.15, 0.2) is 9.59 Å². The normalized spacial score (nSPS) is 12.0. The molecule has 1 unspecified atom stereocenters. The van der Waals surface area contributed by atoms with Gasteiger partial charge in [-0.05, 0) is 6.92 Å². The monoisotopic (exact) mass is 256 g/mol. The Balaban J connectivity index is 2.96. The van der Waals surface area contributed by atoms with Gasteiger partial charge in [0.2, 0.25) is 5.82 Å². The van der Waals surface area contributed by atoms with Gasteiger partial charge in [-0.1, -0.05) is 0 Å². The van der Waals surface area contributed by atoms with Gasteiger partial charge < -0.3 is 10.1 Å². The zero-order valence-corrected chi connectivity index (χ0v) is 10.8. The van der Waals surface area contributed by atoms with E-state index in [-0.39, 0.29) is 18.3 Å². The zero-order chi connectivity index (χ0) is 13.9. The number of anilines is 1. The Morgan fingerprint density at radius 1 is 1.44 bits per heavy atom. The van der Waals surface area contributed by atoms with Gasteiger partial charge in [0.1, 0.15) is 0 Å². The number of esters is 1. The Labute approximate surface area is 103 Å². The number of ether oxygens (including phenoxy) is 1. The maximum Gasteiger partial charge on any atom is 0.346 e. The summed E-state index contributed by atoms with van der Waals surface area (Å²) in [6, 6.07) is -0.324. The van der Waals surface area contributed by atoms with Gasteiger partial charge >= 0.3 is 11.7 Å². The van der Waals surface area contributed by atoms with Crippen LogP contribution in [0.1, 0.15) is 13.3 Å². The highest BCUT2D eigenvalue weighted by molar-refractivity contribution is 5.70. The van der Waals surface area contributed by atoms with E-state index in [0.717, 1.165) is 9.25 Å².